The Morgan fingerprint density at radius 1 is 1.03 bits per heavy atom. The molecule has 0 N–H and O–H groups in total. The van der Waals surface area contributed by atoms with Crippen molar-refractivity contribution in [3.05, 3.63) is 52.8 Å². The summed E-state index contributed by atoms with van der Waals surface area (Å²) >= 11 is 0. The van der Waals surface area contributed by atoms with Crippen LogP contribution in [0.15, 0.2) is 35.2 Å². The zero-order valence-corrected chi connectivity index (χ0v) is 18.8. The maximum absolute atomic E-state index is 13.0. The van der Waals surface area contributed by atoms with Gasteiger partial charge in [0.1, 0.15) is 0 Å². The Balaban J connectivity index is 1.70. The number of aromatic nitrogens is 1. The second-order valence-corrected chi connectivity index (χ2v) is 9.89. The lowest BCUT2D eigenvalue weighted by Gasteiger charge is -2.34. The lowest BCUT2D eigenvalue weighted by Crippen LogP contribution is -2.50. The molecule has 7 heteroatoms. The van der Waals surface area contributed by atoms with Gasteiger partial charge in [0, 0.05) is 44.1 Å². The van der Waals surface area contributed by atoms with Gasteiger partial charge in [0.25, 0.3) is 5.91 Å². The number of rotatable bonds is 5. The monoisotopic (exact) mass is 417 g/mol. The van der Waals surface area contributed by atoms with Gasteiger partial charge in [-0.2, -0.15) is 4.31 Å². The third kappa shape index (κ3) is 4.12. The normalized spacial score (nSPS) is 15.9. The van der Waals surface area contributed by atoms with Crippen LogP contribution in [0.2, 0.25) is 0 Å². The molecule has 1 fully saturated rings. The van der Waals surface area contributed by atoms with Crippen LogP contribution in [-0.2, 0) is 16.6 Å². The van der Waals surface area contributed by atoms with E-state index in [0.717, 1.165) is 23.5 Å². The van der Waals surface area contributed by atoms with E-state index < -0.39 is 10.0 Å². The minimum absolute atomic E-state index is 0.0175. The van der Waals surface area contributed by atoms with Crippen LogP contribution in [0.4, 0.5) is 0 Å². The quantitative estimate of drug-likeness (QED) is 0.749. The van der Waals surface area contributed by atoms with Gasteiger partial charge >= 0.3 is 0 Å². The molecule has 0 atom stereocenters. The summed E-state index contributed by atoms with van der Waals surface area (Å²) in [7, 11) is -3.54. The topological polar surface area (TPSA) is 62.6 Å². The molecule has 1 aromatic heterocycles. The van der Waals surface area contributed by atoms with Crippen LogP contribution in [0.1, 0.15) is 54.0 Å². The summed E-state index contributed by atoms with van der Waals surface area (Å²) in [6.07, 6.45) is 0. The average Bonchev–Trinajstić information content (AvgIpc) is 3.00. The van der Waals surface area contributed by atoms with Gasteiger partial charge in [-0.1, -0.05) is 26.0 Å². The molecule has 0 spiro atoms. The molecule has 1 amide bonds. The molecule has 6 nitrogen and oxygen atoms in total. The fourth-order valence-electron chi connectivity index (χ4n) is 3.98. The molecule has 0 saturated carbocycles. The molecule has 0 unspecified atom stereocenters. The summed E-state index contributed by atoms with van der Waals surface area (Å²) in [6.45, 7) is 12.4. The number of benzene rings is 1. The smallest absolute Gasteiger partial charge is 0.255 e. The zero-order valence-electron chi connectivity index (χ0n) is 18.0. The van der Waals surface area contributed by atoms with Crippen LogP contribution in [0.5, 0.6) is 0 Å². The molecule has 1 aliphatic heterocycles. The third-order valence-corrected chi connectivity index (χ3v) is 7.74. The number of carbonyl (C=O) groups excluding carboxylic acids is 1. The van der Waals surface area contributed by atoms with E-state index in [4.69, 9.17) is 0 Å². The Morgan fingerprint density at radius 2 is 1.62 bits per heavy atom. The highest BCUT2D eigenvalue weighted by molar-refractivity contribution is 7.89. The summed E-state index contributed by atoms with van der Waals surface area (Å²) in [5, 5.41) is 0. The fraction of sp³-hybridized carbons (Fsp3) is 0.500. The second kappa shape index (κ2) is 8.32. The van der Waals surface area contributed by atoms with Crippen molar-refractivity contribution >= 4 is 15.9 Å². The van der Waals surface area contributed by atoms with E-state index in [2.05, 4.69) is 25.3 Å². The van der Waals surface area contributed by atoms with Crippen LogP contribution in [0, 0.1) is 13.8 Å². The molecular weight excluding hydrogens is 386 g/mol. The van der Waals surface area contributed by atoms with E-state index in [9.17, 15) is 13.2 Å². The van der Waals surface area contributed by atoms with Crippen molar-refractivity contribution in [2.75, 3.05) is 26.2 Å². The second-order valence-electron chi connectivity index (χ2n) is 7.95. The molecule has 1 aromatic carbocycles. The van der Waals surface area contributed by atoms with Crippen molar-refractivity contribution in [1.82, 2.24) is 13.8 Å². The van der Waals surface area contributed by atoms with Crippen LogP contribution < -0.4 is 0 Å². The summed E-state index contributed by atoms with van der Waals surface area (Å²) in [5.41, 5.74) is 3.86. The number of hydrogen-bond acceptors (Lipinski definition) is 3. The van der Waals surface area contributed by atoms with Gasteiger partial charge in [-0.25, -0.2) is 8.42 Å². The predicted molar refractivity (Wildman–Crippen MR) is 115 cm³/mol. The molecule has 158 valence electrons. The first-order valence-electron chi connectivity index (χ1n) is 10.2. The van der Waals surface area contributed by atoms with Crippen LogP contribution in [-0.4, -0.2) is 54.3 Å². The average molecular weight is 418 g/mol. The predicted octanol–water partition coefficient (Wildman–Crippen LogP) is 3.39. The molecule has 29 heavy (non-hydrogen) atoms. The van der Waals surface area contributed by atoms with Gasteiger partial charge in [-0.15, -0.1) is 0 Å². The van der Waals surface area contributed by atoms with Gasteiger partial charge < -0.3 is 9.47 Å². The highest BCUT2D eigenvalue weighted by atomic mass is 32.2. The van der Waals surface area contributed by atoms with Crippen LogP contribution in [0.25, 0.3) is 0 Å². The first kappa shape index (κ1) is 21.6. The molecule has 0 radical (unpaired) electrons. The molecule has 0 bridgehead atoms. The number of carbonyl (C=O) groups is 1. The van der Waals surface area contributed by atoms with E-state index in [1.54, 1.807) is 17.0 Å². The van der Waals surface area contributed by atoms with E-state index in [1.807, 2.05) is 32.0 Å². The molecule has 3 rings (SSSR count). The summed E-state index contributed by atoms with van der Waals surface area (Å²) in [5.74, 6) is 0.340. The number of nitrogens with zero attached hydrogens (tertiary/aromatic N) is 3. The fourth-order valence-corrected chi connectivity index (χ4v) is 5.40. The van der Waals surface area contributed by atoms with Crippen molar-refractivity contribution in [1.29, 1.82) is 0 Å². The SMILES string of the molecule is CCn1c(C)cc(C(=O)N2CCN(S(=O)(=O)c3ccc(C(C)C)cc3)CC2)c1C. The van der Waals surface area contributed by atoms with Crippen molar-refractivity contribution in [2.45, 2.75) is 52.0 Å². The molecule has 1 saturated heterocycles. The highest BCUT2D eigenvalue weighted by Crippen LogP contribution is 2.23. The maximum atomic E-state index is 13.0. The minimum atomic E-state index is -3.54. The van der Waals surface area contributed by atoms with E-state index in [0.29, 0.717) is 42.6 Å². The number of piperazine rings is 1. The minimum Gasteiger partial charge on any atom is -0.349 e. The lowest BCUT2D eigenvalue weighted by atomic mass is 10.0. The number of hydrogen-bond donors (Lipinski definition) is 0. The maximum Gasteiger partial charge on any atom is 0.255 e. The van der Waals surface area contributed by atoms with E-state index in [-0.39, 0.29) is 5.91 Å². The molecule has 1 aliphatic rings. The van der Waals surface area contributed by atoms with Gasteiger partial charge in [0.2, 0.25) is 10.0 Å². The third-order valence-electron chi connectivity index (χ3n) is 5.83. The largest absolute Gasteiger partial charge is 0.349 e. The first-order valence-corrected chi connectivity index (χ1v) is 11.7. The van der Waals surface area contributed by atoms with E-state index >= 15 is 0 Å². The van der Waals surface area contributed by atoms with Gasteiger partial charge in [0.05, 0.1) is 10.5 Å². The van der Waals surface area contributed by atoms with Crippen molar-refractivity contribution in [3.63, 3.8) is 0 Å². The summed E-state index contributed by atoms with van der Waals surface area (Å²) in [6, 6.07) is 9.05. The standard InChI is InChI=1S/C22H31N3O3S/c1-6-25-17(4)15-21(18(25)5)22(26)23-11-13-24(14-12-23)29(27,28)20-9-7-19(8-10-20)16(2)3/h7-10,15-16H,6,11-14H2,1-5H3. The molecule has 0 aliphatic carbocycles. The number of sulfonamides is 1. The van der Waals surface area contributed by atoms with Gasteiger partial charge in [-0.05, 0) is 50.5 Å². The number of aryl methyl sites for hydroxylation is 1. The van der Waals surface area contributed by atoms with Crippen molar-refractivity contribution in [2.24, 2.45) is 0 Å². The molecular formula is C22H31N3O3S. The van der Waals surface area contributed by atoms with Gasteiger partial charge in [0.15, 0.2) is 0 Å². The Hall–Kier alpha value is -2.12. The molecule has 2 aromatic rings. The Labute approximate surface area is 174 Å². The van der Waals surface area contributed by atoms with Crippen molar-refractivity contribution < 1.29 is 13.2 Å². The van der Waals surface area contributed by atoms with E-state index in [1.165, 1.54) is 4.31 Å². The summed E-state index contributed by atoms with van der Waals surface area (Å²) < 4.78 is 29.6. The van der Waals surface area contributed by atoms with Gasteiger partial charge in [-0.3, -0.25) is 4.79 Å². The highest BCUT2D eigenvalue weighted by Gasteiger charge is 2.31. The first-order chi connectivity index (χ1) is 13.7. The zero-order chi connectivity index (χ0) is 21.3. The van der Waals surface area contributed by atoms with Crippen LogP contribution >= 0.6 is 0 Å². The Morgan fingerprint density at radius 3 is 2.10 bits per heavy atom. The number of amides is 1. The summed E-state index contributed by atoms with van der Waals surface area (Å²) in [4.78, 5) is 15.0. The van der Waals surface area contributed by atoms with Crippen LogP contribution in [0.3, 0.4) is 0 Å². The van der Waals surface area contributed by atoms with Crippen molar-refractivity contribution in [3.8, 4) is 0 Å². The Kier molecular flexibility index (Phi) is 6.19. The molecule has 2 heterocycles. The lowest BCUT2D eigenvalue weighted by molar-refractivity contribution is 0.0697. The Bertz CT molecular complexity index is 983.